The van der Waals surface area contributed by atoms with Gasteiger partial charge in [-0.3, -0.25) is 0 Å². The maximum atomic E-state index is 5.95. The summed E-state index contributed by atoms with van der Waals surface area (Å²) in [6.45, 7) is 0. The molecule has 2 aromatic heterocycles. The molecule has 0 aliphatic heterocycles. The van der Waals surface area contributed by atoms with Crippen LogP contribution in [0.25, 0.3) is 33.1 Å². The molecular weight excluding hydrogens is 320 g/mol. The standard InChI is InChI=1S/C16H9BrOS/c17-12-2-3-13-10(7-12)1-4-15-14(13)8-16(18-15)11-5-6-19-9-11/h1-9H. The van der Waals surface area contributed by atoms with Gasteiger partial charge in [0.15, 0.2) is 0 Å². The van der Waals surface area contributed by atoms with Gasteiger partial charge in [-0.25, -0.2) is 0 Å². The van der Waals surface area contributed by atoms with Gasteiger partial charge < -0.3 is 4.42 Å². The molecule has 0 amide bonds. The van der Waals surface area contributed by atoms with E-state index in [2.05, 4.69) is 63.1 Å². The van der Waals surface area contributed by atoms with E-state index in [0.717, 1.165) is 21.4 Å². The predicted molar refractivity (Wildman–Crippen MR) is 84.7 cm³/mol. The van der Waals surface area contributed by atoms with E-state index in [1.165, 1.54) is 16.2 Å². The second kappa shape index (κ2) is 4.22. The third-order valence-corrected chi connectivity index (χ3v) is 4.46. The Bertz CT molecular complexity index is 874. The molecule has 0 aliphatic rings. The fraction of sp³-hybridized carbons (Fsp3) is 0. The normalized spacial score (nSPS) is 11.4. The Morgan fingerprint density at radius 1 is 0.947 bits per heavy atom. The molecule has 0 bridgehead atoms. The Morgan fingerprint density at radius 2 is 1.89 bits per heavy atom. The molecule has 19 heavy (non-hydrogen) atoms. The number of hydrogen-bond acceptors (Lipinski definition) is 2. The van der Waals surface area contributed by atoms with Crippen molar-refractivity contribution in [3.63, 3.8) is 0 Å². The van der Waals surface area contributed by atoms with Crippen molar-refractivity contribution in [2.75, 3.05) is 0 Å². The van der Waals surface area contributed by atoms with Gasteiger partial charge in [-0.15, -0.1) is 0 Å². The van der Waals surface area contributed by atoms with Gasteiger partial charge in [0.2, 0.25) is 0 Å². The van der Waals surface area contributed by atoms with Crippen LogP contribution in [0.5, 0.6) is 0 Å². The van der Waals surface area contributed by atoms with E-state index in [-0.39, 0.29) is 0 Å². The lowest BCUT2D eigenvalue weighted by Crippen LogP contribution is -1.73. The topological polar surface area (TPSA) is 13.1 Å². The monoisotopic (exact) mass is 328 g/mol. The molecule has 0 N–H and O–H groups in total. The molecule has 0 spiro atoms. The highest BCUT2D eigenvalue weighted by molar-refractivity contribution is 9.10. The van der Waals surface area contributed by atoms with Crippen molar-refractivity contribution in [1.82, 2.24) is 0 Å². The largest absolute Gasteiger partial charge is 0.456 e. The van der Waals surface area contributed by atoms with Crippen molar-refractivity contribution in [3.05, 3.63) is 57.7 Å². The first-order chi connectivity index (χ1) is 9.31. The molecule has 0 unspecified atom stereocenters. The van der Waals surface area contributed by atoms with E-state index in [4.69, 9.17) is 4.42 Å². The van der Waals surface area contributed by atoms with Crippen molar-refractivity contribution >= 4 is 49.0 Å². The molecule has 0 atom stereocenters. The Hall–Kier alpha value is -1.58. The summed E-state index contributed by atoms with van der Waals surface area (Å²) in [5.41, 5.74) is 2.09. The number of rotatable bonds is 1. The van der Waals surface area contributed by atoms with Crippen LogP contribution in [0.4, 0.5) is 0 Å². The fourth-order valence-corrected chi connectivity index (χ4v) is 3.39. The molecule has 92 valence electrons. The summed E-state index contributed by atoms with van der Waals surface area (Å²) in [4.78, 5) is 0. The lowest BCUT2D eigenvalue weighted by molar-refractivity contribution is 0.632. The van der Waals surface area contributed by atoms with Gasteiger partial charge in [-0.05, 0) is 46.5 Å². The summed E-state index contributed by atoms with van der Waals surface area (Å²) in [5.74, 6) is 0.937. The van der Waals surface area contributed by atoms with Crippen LogP contribution < -0.4 is 0 Å². The molecule has 0 fully saturated rings. The number of furan rings is 1. The lowest BCUT2D eigenvalue weighted by Gasteiger charge is -1.99. The highest BCUT2D eigenvalue weighted by atomic mass is 79.9. The second-order valence-electron chi connectivity index (χ2n) is 4.47. The lowest BCUT2D eigenvalue weighted by atomic mass is 10.1. The van der Waals surface area contributed by atoms with E-state index in [0.29, 0.717) is 0 Å². The van der Waals surface area contributed by atoms with E-state index in [1.807, 2.05) is 6.07 Å². The van der Waals surface area contributed by atoms with Crippen molar-refractivity contribution in [2.24, 2.45) is 0 Å². The summed E-state index contributed by atoms with van der Waals surface area (Å²) in [6.07, 6.45) is 0. The van der Waals surface area contributed by atoms with Crippen molar-refractivity contribution in [2.45, 2.75) is 0 Å². The van der Waals surface area contributed by atoms with Crippen LogP contribution in [0.1, 0.15) is 0 Å². The zero-order valence-electron chi connectivity index (χ0n) is 9.89. The summed E-state index contributed by atoms with van der Waals surface area (Å²) in [7, 11) is 0. The van der Waals surface area contributed by atoms with E-state index < -0.39 is 0 Å². The number of thiophene rings is 1. The second-order valence-corrected chi connectivity index (χ2v) is 6.16. The van der Waals surface area contributed by atoms with Crippen LogP contribution in [0, 0.1) is 0 Å². The average Bonchev–Trinajstić information content (AvgIpc) is 3.06. The summed E-state index contributed by atoms with van der Waals surface area (Å²) in [5, 5.41) is 7.80. The molecule has 1 nitrogen and oxygen atoms in total. The average molecular weight is 329 g/mol. The smallest absolute Gasteiger partial charge is 0.136 e. The summed E-state index contributed by atoms with van der Waals surface area (Å²) >= 11 is 5.19. The molecular formula is C16H9BrOS. The first-order valence-electron chi connectivity index (χ1n) is 5.96. The van der Waals surface area contributed by atoms with Crippen LogP contribution in [0.15, 0.2) is 62.1 Å². The zero-order chi connectivity index (χ0) is 12.8. The van der Waals surface area contributed by atoms with Gasteiger partial charge >= 0.3 is 0 Å². The fourth-order valence-electron chi connectivity index (χ4n) is 2.37. The summed E-state index contributed by atoms with van der Waals surface area (Å²) in [6, 6.07) is 14.7. The van der Waals surface area contributed by atoms with Crippen LogP contribution in [0.3, 0.4) is 0 Å². The Labute approximate surface area is 122 Å². The van der Waals surface area contributed by atoms with Crippen LogP contribution in [0.2, 0.25) is 0 Å². The van der Waals surface area contributed by atoms with Crippen LogP contribution in [-0.4, -0.2) is 0 Å². The Balaban J connectivity index is 2.05. The zero-order valence-corrected chi connectivity index (χ0v) is 12.3. The van der Waals surface area contributed by atoms with E-state index in [9.17, 15) is 0 Å². The molecule has 2 aromatic carbocycles. The first kappa shape index (κ1) is 11.3. The minimum absolute atomic E-state index is 0.937. The molecule has 4 aromatic rings. The number of hydrogen-bond donors (Lipinski definition) is 0. The maximum Gasteiger partial charge on any atom is 0.136 e. The van der Waals surface area contributed by atoms with Gasteiger partial charge in [0, 0.05) is 20.8 Å². The van der Waals surface area contributed by atoms with Crippen molar-refractivity contribution in [1.29, 1.82) is 0 Å². The van der Waals surface area contributed by atoms with E-state index >= 15 is 0 Å². The first-order valence-corrected chi connectivity index (χ1v) is 7.69. The van der Waals surface area contributed by atoms with Crippen molar-refractivity contribution in [3.8, 4) is 11.3 Å². The predicted octanol–water partition coefficient (Wildman–Crippen LogP) is 6.08. The highest BCUT2D eigenvalue weighted by Gasteiger charge is 2.09. The maximum absolute atomic E-state index is 5.95. The molecule has 4 rings (SSSR count). The number of halogens is 1. The van der Waals surface area contributed by atoms with Gasteiger partial charge in [0.25, 0.3) is 0 Å². The number of benzene rings is 2. The SMILES string of the molecule is Brc1ccc2c(ccc3oc(-c4ccsc4)cc32)c1. The minimum atomic E-state index is 0.937. The molecule has 0 saturated carbocycles. The van der Waals surface area contributed by atoms with E-state index in [1.54, 1.807) is 11.3 Å². The molecule has 0 radical (unpaired) electrons. The van der Waals surface area contributed by atoms with Crippen molar-refractivity contribution < 1.29 is 4.42 Å². The number of fused-ring (bicyclic) bond motifs is 3. The molecule has 0 saturated heterocycles. The Kier molecular flexibility index (Phi) is 2.50. The van der Waals surface area contributed by atoms with Crippen LogP contribution >= 0.6 is 27.3 Å². The third kappa shape index (κ3) is 1.81. The molecule has 3 heteroatoms. The highest BCUT2D eigenvalue weighted by Crippen LogP contribution is 2.34. The quantitative estimate of drug-likeness (QED) is 0.413. The third-order valence-electron chi connectivity index (χ3n) is 3.28. The molecule has 2 heterocycles. The summed E-state index contributed by atoms with van der Waals surface area (Å²) < 4.78 is 7.04. The van der Waals surface area contributed by atoms with Gasteiger partial charge in [0.1, 0.15) is 11.3 Å². The molecule has 0 aliphatic carbocycles. The van der Waals surface area contributed by atoms with Crippen LogP contribution in [-0.2, 0) is 0 Å². The van der Waals surface area contributed by atoms with Gasteiger partial charge in [0.05, 0.1) is 0 Å². The van der Waals surface area contributed by atoms with Gasteiger partial charge in [-0.2, -0.15) is 11.3 Å². The Morgan fingerprint density at radius 3 is 2.74 bits per heavy atom. The van der Waals surface area contributed by atoms with Gasteiger partial charge in [-0.1, -0.05) is 28.1 Å². The minimum Gasteiger partial charge on any atom is -0.456 e.